The first kappa shape index (κ1) is 14.9. The van der Waals surface area contributed by atoms with Crippen molar-refractivity contribution in [2.24, 2.45) is 0 Å². The number of carbonyl (C=O) groups is 4. The lowest BCUT2D eigenvalue weighted by atomic mass is 10.3. The molecule has 6 heteroatoms. The van der Waals surface area contributed by atoms with Crippen molar-refractivity contribution in [3.05, 3.63) is 0 Å². The minimum absolute atomic E-state index is 0.0386. The second-order valence-electron chi connectivity index (χ2n) is 4.35. The highest BCUT2D eigenvalue weighted by atomic mass is 32.2. The molecule has 2 amide bonds. The van der Waals surface area contributed by atoms with Gasteiger partial charge in [-0.15, -0.1) is 11.8 Å². The first-order valence-corrected chi connectivity index (χ1v) is 6.91. The summed E-state index contributed by atoms with van der Waals surface area (Å²) >= 11 is 1.34. The van der Waals surface area contributed by atoms with Gasteiger partial charge in [0.2, 0.25) is 11.8 Å². The normalized spacial score (nSPS) is 19.4. The van der Waals surface area contributed by atoms with E-state index in [4.69, 9.17) is 0 Å². The van der Waals surface area contributed by atoms with Crippen LogP contribution < -0.4 is 0 Å². The molecule has 0 spiro atoms. The molecule has 1 saturated heterocycles. The van der Waals surface area contributed by atoms with Gasteiger partial charge in [0.1, 0.15) is 11.6 Å². The van der Waals surface area contributed by atoms with E-state index in [1.807, 2.05) is 0 Å². The molecule has 0 aromatic rings. The molecule has 1 unspecified atom stereocenters. The van der Waals surface area contributed by atoms with Gasteiger partial charge in [-0.2, -0.15) is 0 Å². The van der Waals surface area contributed by atoms with Gasteiger partial charge in [-0.05, 0) is 13.8 Å². The Hall–Kier alpha value is -1.17. The Morgan fingerprint density at radius 2 is 1.83 bits per heavy atom. The fourth-order valence-electron chi connectivity index (χ4n) is 1.63. The number of ketones is 2. The minimum Gasteiger partial charge on any atom is -0.300 e. The molecule has 100 valence electrons. The number of hydrogen-bond donors (Lipinski definition) is 0. The summed E-state index contributed by atoms with van der Waals surface area (Å²) in [5, 5.41) is -0.385. The van der Waals surface area contributed by atoms with Gasteiger partial charge in [-0.25, -0.2) is 0 Å². The van der Waals surface area contributed by atoms with Crippen molar-refractivity contribution in [1.82, 2.24) is 4.90 Å². The largest absolute Gasteiger partial charge is 0.300 e. The van der Waals surface area contributed by atoms with E-state index in [0.717, 1.165) is 4.90 Å². The second-order valence-corrected chi connectivity index (χ2v) is 5.66. The first-order valence-electron chi connectivity index (χ1n) is 5.86. The summed E-state index contributed by atoms with van der Waals surface area (Å²) in [5.74, 6) is 0.145. The van der Waals surface area contributed by atoms with Crippen molar-refractivity contribution in [1.29, 1.82) is 0 Å². The molecule has 1 rings (SSSR count). The van der Waals surface area contributed by atoms with E-state index in [2.05, 4.69) is 0 Å². The molecule has 0 aliphatic carbocycles. The SMILES string of the molecule is CC(=O)CCSC1CC(=O)N(CCC(C)=O)C1=O. The molecule has 5 nitrogen and oxygen atoms in total. The highest BCUT2D eigenvalue weighted by Gasteiger charge is 2.38. The van der Waals surface area contributed by atoms with Crippen LogP contribution in [0, 0.1) is 0 Å². The minimum atomic E-state index is -0.385. The van der Waals surface area contributed by atoms with E-state index in [9.17, 15) is 19.2 Å². The quantitative estimate of drug-likeness (QED) is 0.641. The average Bonchev–Trinajstić information content (AvgIpc) is 2.51. The molecule has 0 aromatic heterocycles. The number of likely N-dealkylation sites (tertiary alicyclic amines) is 1. The number of thioether (sulfide) groups is 1. The highest BCUT2D eigenvalue weighted by Crippen LogP contribution is 2.25. The molecule has 1 fully saturated rings. The second kappa shape index (κ2) is 6.68. The Morgan fingerprint density at radius 3 is 2.39 bits per heavy atom. The van der Waals surface area contributed by atoms with Crippen LogP contribution in [0.15, 0.2) is 0 Å². The zero-order valence-electron chi connectivity index (χ0n) is 10.6. The molecule has 0 N–H and O–H groups in total. The lowest BCUT2D eigenvalue weighted by Gasteiger charge is -2.13. The van der Waals surface area contributed by atoms with Crippen molar-refractivity contribution in [3.8, 4) is 0 Å². The smallest absolute Gasteiger partial charge is 0.242 e. The van der Waals surface area contributed by atoms with Crippen LogP contribution in [0.1, 0.15) is 33.1 Å². The first-order chi connectivity index (χ1) is 8.41. The molecular formula is C12H17NO4S. The summed E-state index contributed by atoms with van der Waals surface area (Å²) in [4.78, 5) is 46.3. The van der Waals surface area contributed by atoms with E-state index in [0.29, 0.717) is 12.2 Å². The monoisotopic (exact) mass is 271 g/mol. The molecular weight excluding hydrogens is 254 g/mol. The van der Waals surface area contributed by atoms with Crippen molar-refractivity contribution >= 4 is 35.1 Å². The summed E-state index contributed by atoms with van der Waals surface area (Å²) in [6.45, 7) is 3.11. The fourth-order valence-corrected chi connectivity index (χ4v) is 2.85. The summed E-state index contributed by atoms with van der Waals surface area (Å²) in [7, 11) is 0. The maximum atomic E-state index is 11.9. The molecule has 1 aliphatic heterocycles. The van der Waals surface area contributed by atoms with Gasteiger partial charge < -0.3 is 0 Å². The summed E-state index contributed by atoms with van der Waals surface area (Å²) in [6.07, 6.45) is 0.803. The van der Waals surface area contributed by atoms with Gasteiger partial charge in [-0.3, -0.25) is 24.1 Å². The van der Waals surface area contributed by atoms with Crippen molar-refractivity contribution in [2.75, 3.05) is 12.3 Å². The Balaban J connectivity index is 2.45. The molecule has 0 saturated carbocycles. The average molecular weight is 271 g/mol. The Labute approximate surface area is 110 Å². The Morgan fingerprint density at radius 1 is 1.22 bits per heavy atom. The van der Waals surface area contributed by atoms with E-state index in [1.165, 1.54) is 25.6 Å². The van der Waals surface area contributed by atoms with E-state index in [-0.39, 0.29) is 48.0 Å². The molecule has 0 bridgehead atoms. The molecule has 0 radical (unpaired) electrons. The van der Waals surface area contributed by atoms with E-state index < -0.39 is 0 Å². The molecule has 0 aromatic carbocycles. The number of amides is 2. The number of rotatable bonds is 7. The van der Waals surface area contributed by atoms with Gasteiger partial charge in [-0.1, -0.05) is 0 Å². The van der Waals surface area contributed by atoms with Crippen molar-refractivity contribution < 1.29 is 19.2 Å². The third-order valence-electron chi connectivity index (χ3n) is 2.66. The van der Waals surface area contributed by atoms with Crippen LogP contribution in [0.2, 0.25) is 0 Å². The van der Waals surface area contributed by atoms with Crippen LogP contribution in [-0.2, 0) is 19.2 Å². The standard InChI is InChI=1S/C12H17NO4S/c1-8(14)3-5-13-11(16)7-10(12(13)17)18-6-4-9(2)15/h10H,3-7H2,1-2H3. The lowest BCUT2D eigenvalue weighted by Crippen LogP contribution is -2.33. The third-order valence-corrected chi connectivity index (χ3v) is 3.87. The van der Waals surface area contributed by atoms with Crippen LogP contribution in [-0.4, -0.2) is 45.8 Å². The van der Waals surface area contributed by atoms with Gasteiger partial charge in [0.05, 0.1) is 5.25 Å². The maximum Gasteiger partial charge on any atom is 0.242 e. The van der Waals surface area contributed by atoms with Crippen LogP contribution in [0.4, 0.5) is 0 Å². The van der Waals surface area contributed by atoms with Gasteiger partial charge >= 0.3 is 0 Å². The Kier molecular flexibility index (Phi) is 5.53. The predicted octanol–water partition coefficient (Wildman–Crippen LogP) is 0.805. The van der Waals surface area contributed by atoms with E-state index >= 15 is 0 Å². The Bertz CT molecular complexity index is 380. The number of imide groups is 1. The number of nitrogens with zero attached hydrogens (tertiary/aromatic N) is 1. The zero-order chi connectivity index (χ0) is 13.7. The lowest BCUT2D eigenvalue weighted by molar-refractivity contribution is -0.138. The summed E-state index contributed by atoms with van der Waals surface area (Å²) in [6, 6.07) is 0. The maximum absolute atomic E-state index is 11.9. The highest BCUT2D eigenvalue weighted by molar-refractivity contribution is 8.00. The predicted molar refractivity (Wildman–Crippen MR) is 68.2 cm³/mol. The molecule has 1 atom stereocenters. The summed E-state index contributed by atoms with van der Waals surface area (Å²) < 4.78 is 0. The van der Waals surface area contributed by atoms with Crippen LogP contribution in [0.3, 0.4) is 0 Å². The van der Waals surface area contributed by atoms with Gasteiger partial charge in [0.15, 0.2) is 0 Å². The number of Topliss-reactive ketones (excluding diaryl/α,β-unsaturated/α-hetero) is 2. The van der Waals surface area contributed by atoms with Crippen molar-refractivity contribution in [3.63, 3.8) is 0 Å². The number of hydrogen-bond acceptors (Lipinski definition) is 5. The third kappa shape index (κ3) is 4.25. The van der Waals surface area contributed by atoms with Crippen LogP contribution in [0.25, 0.3) is 0 Å². The molecule has 1 aliphatic rings. The fraction of sp³-hybridized carbons (Fsp3) is 0.667. The topological polar surface area (TPSA) is 71.5 Å². The van der Waals surface area contributed by atoms with Crippen LogP contribution in [0.5, 0.6) is 0 Å². The molecule has 18 heavy (non-hydrogen) atoms. The van der Waals surface area contributed by atoms with E-state index in [1.54, 1.807) is 0 Å². The van der Waals surface area contributed by atoms with Gasteiger partial charge in [0, 0.05) is 31.6 Å². The van der Waals surface area contributed by atoms with Crippen LogP contribution >= 0.6 is 11.8 Å². The summed E-state index contributed by atoms with van der Waals surface area (Å²) in [5.41, 5.74) is 0. The van der Waals surface area contributed by atoms with Crippen molar-refractivity contribution in [2.45, 2.75) is 38.4 Å². The number of carbonyl (C=O) groups excluding carboxylic acids is 4. The molecule has 1 heterocycles. The zero-order valence-corrected chi connectivity index (χ0v) is 11.4. The van der Waals surface area contributed by atoms with Gasteiger partial charge in [0.25, 0.3) is 0 Å².